The highest BCUT2D eigenvalue weighted by Gasteiger charge is 2.22. The van der Waals surface area contributed by atoms with Gasteiger partial charge in [0.05, 0.1) is 4.91 Å². The summed E-state index contributed by atoms with van der Waals surface area (Å²) in [5, 5.41) is 3.30. The zero-order chi connectivity index (χ0) is 16.7. The van der Waals surface area contributed by atoms with Crippen LogP contribution in [-0.4, -0.2) is 20.2 Å². The molecule has 24 heavy (non-hydrogen) atoms. The molecule has 1 amide bonds. The van der Waals surface area contributed by atoms with Gasteiger partial charge >= 0.3 is 0 Å². The molecule has 3 aromatic heterocycles. The van der Waals surface area contributed by atoms with Crippen LogP contribution in [0.5, 0.6) is 0 Å². The number of carbonyl (C=O) groups is 1. The molecule has 4 heterocycles. The van der Waals surface area contributed by atoms with Crippen LogP contribution in [0.15, 0.2) is 46.1 Å². The zero-order valence-corrected chi connectivity index (χ0v) is 13.6. The number of pyridine rings is 2. The Morgan fingerprint density at radius 3 is 2.96 bits per heavy atom. The van der Waals surface area contributed by atoms with Crippen LogP contribution in [0, 0.1) is 5.95 Å². The van der Waals surface area contributed by atoms with E-state index >= 15 is 0 Å². The first-order valence-electron chi connectivity index (χ1n) is 6.84. The second-order valence-electron chi connectivity index (χ2n) is 4.97. The molecule has 118 valence electrons. The molecule has 4 rings (SSSR count). The Bertz CT molecular complexity index is 1030. The predicted molar refractivity (Wildman–Crippen MR) is 93.5 cm³/mol. The molecular weight excluding hydrogens is 349 g/mol. The lowest BCUT2D eigenvalue weighted by molar-refractivity contribution is -0.115. The average molecular weight is 357 g/mol. The minimum absolute atomic E-state index is 0.250. The van der Waals surface area contributed by atoms with Crippen molar-refractivity contribution in [2.75, 3.05) is 0 Å². The van der Waals surface area contributed by atoms with Gasteiger partial charge in [0.2, 0.25) is 5.95 Å². The Morgan fingerprint density at radius 1 is 1.33 bits per heavy atom. The molecule has 0 aromatic carbocycles. The first-order valence-corrected chi connectivity index (χ1v) is 8.07. The number of nitrogens with one attached hydrogen (secondary N) is 1. The van der Waals surface area contributed by atoms with Crippen molar-refractivity contribution in [1.82, 2.24) is 15.3 Å². The SMILES string of the molecule is O=C1NC(=S)S/C1=C/c1cc2cncc(-c3ccnc(F)c3)c2o1. The second kappa shape index (κ2) is 5.81. The van der Waals surface area contributed by atoms with Gasteiger partial charge in [0.25, 0.3) is 5.91 Å². The molecule has 5 nitrogen and oxygen atoms in total. The lowest BCUT2D eigenvalue weighted by Crippen LogP contribution is -2.17. The molecule has 0 atom stereocenters. The number of nitrogens with zero attached hydrogens (tertiary/aromatic N) is 2. The Morgan fingerprint density at radius 2 is 2.21 bits per heavy atom. The third-order valence-electron chi connectivity index (χ3n) is 3.39. The molecule has 0 unspecified atom stereocenters. The van der Waals surface area contributed by atoms with Gasteiger partial charge in [-0.2, -0.15) is 4.39 Å². The van der Waals surface area contributed by atoms with Crippen molar-refractivity contribution in [3.05, 3.63) is 53.4 Å². The highest BCUT2D eigenvalue weighted by molar-refractivity contribution is 8.26. The molecule has 1 saturated heterocycles. The topological polar surface area (TPSA) is 68.0 Å². The summed E-state index contributed by atoms with van der Waals surface area (Å²) in [5.41, 5.74) is 1.83. The molecular formula is C16H8FN3O2S2. The summed E-state index contributed by atoms with van der Waals surface area (Å²) in [6.07, 6.45) is 6.25. The predicted octanol–water partition coefficient (Wildman–Crippen LogP) is 3.52. The maximum atomic E-state index is 13.4. The minimum atomic E-state index is -0.578. The van der Waals surface area contributed by atoms with Gasteiger partial charge in [0.15, 0.2) is 0 Å². The summed E-state index contributed by atoms with van der Waals surface area (Å²) in [7, 11) is 0. The Labute approximate surface area is 145 Å². The molecule has 1 aliphatic heterocycles. The summed E-state index contributed by atoms with van der Waals surface area (Å²) in [6, 6.07) is 4.76. The number of hydrogen-bond donors (Lipinski definition) is 1. The highest BCUT2D eigenvalue weighted by Crippen LogP contribution is 2.32. The lowest BCUT2D eigenvalue weighted by Gasteiger charge is -2.01. The normalized spacial score (nSPS) is 16.1. The number of amides is 1. The van der Waals surface area contributed by atoms with Gasteiger partial charge in [-0.05, 0) is 17.7 Å². The van der Waals surface area contributed by atoms with Crippen molar-refractivity contribution >= 4 is 51.3 Å². The van der Waals surface area contributed by atoms with Crippen LogP contribution >= 0.6 is 24.0 Å². The molecule has 8 heteroatoms. The monoisotopic (exact) mass is 357 g/mol. The lowest BCUT2D eigenvalue weighted by atomic mass is 10.1. The van der Waals surface area contributed by atoms with Crippen LogP contribution < -0.4 is 5.32 Å². The Kier molecular flexibility index (Phi) is 3.62. The molecule has 0 spiro atoms. The number of rotatable bonds is 2. The summed E-state index contributed by atoms with van der Waals surface area (Å²) in [4.78, 5) is 19.9. The molecule has 0 bridgehead atoms. The van der Waals surface area contributed by atoms with Gasteiger partial charge < -0.3 is 9.73 Å². The van der Waals surface area contributed by atoms with Gasteiger partial charge in [0.1, 0.15) is 15.7 Å². The molecule has 1 N–H and O–H groups in total. The van der Waals surface area contributed by atoms with Crippen molar-refractivity contribution in [3.63, 3.8) is 0 Å². The standard InChI is InChI=1S/C16H8FN3O2S2/c17-13-4-8(1-2-19-13)11-7-18-6-9-3-10(22-14(9)11)5-12-15(21)20-16(23)24-12/h1-7H,(H,20,21,23)/b12-5+. The number of carbonyl (C=O) groups excluding carboxylic acids is 1. The van der Waals surface area contributed by atoms with Crippen molar-refractivity contribution in [2.24, 2.45) is 0 Å². The average Bonchev–Trinajstić information content (AvgIpc) is 3.09. The van der Waals surface area contributed by atoms with E-state index in [-0.39, 0.29) is 5.91 Å². The number of halogens is 1. The van der Waals surface area contributed by atoms with Crippen molar-refractivity contribution in [2.45, 2.75) is 0 Å². The number of fused-ring (bicyclic) bond motifs is 1. The van der Waals surface area contributed by atoms with Gasteiger partial charge in [-0.1, -0.05) is 24.0 Å². The fourth-order valence-corrected chi connectivity index (χ4v) is 3.40. The third kappa shape index (κ3) is 2.70. The van der Waals surface area contributed by atoms with Gasteiger partial charge in [-0.3, -0.25) is 9.78 Å². The van der Waals surface area contributed by atoms with E-state index in [4.69, 9.17) is 16.6 Å². The first kappa shape index (κ1) is 15.0. The molecule has 0 saturated carbocycles. The number of thiocarbonyl (C=S) groups is 1. The van der Waals surface area contributed by atoms with E-state index in [0.29, 0.717) is 31.7 Å². The van der Waals surface area contributed by atoms with Crippen LogP contribution in [0.2, 0.25) is 0 Å². The van der Waals surface area contributed by atoms with E-state index in [2.05, 4.69) is 15.3 Å². The van der Waals surface area contributed by atoms with Crippen LogP contribution in [0.25, 0.3) is 28.2 Å². The largest absolute Gasteiger partial charge is 0.456 e. The van der Waals surface area contributed by atoms with E-state index < -0.39 is 5.95 Å². The molecule has 1 aliphatic rings. The maximum absolute atomic E-state index is 13.4. The van der Waals surface area contributed by atoms with Gasteiger partial charge in [-0.25, -0.2) is 4.98 Å². The number of aromatic nitrogens is 2. The molecule has 0 radical (unpaired) electrons. The van der Waals surface area contributed by atoms with Crippen LogP contribution in [0.3, 0.4) is 0 Å². The number of thioether (sulfide) groups is 1. The summed E-state index contributed by atoms with van der Waals surface area (Å²) in [6.45, 7) is 0. The smallest absolute Gasteiger partial charge is 0.263 e. The van der Waals surface area contributed by atoms with Gasteiger partial charge in [-0.15, -0.1) is 0 Å². The van der Waals surface area contributed by atoms with Crippen molar-refractivity contribution < 1.29 is 13.6 Å². The van der Waals surface area contributed by atoms with Gasteiger partial charge in [0, 0.05) is 41.7 Å². The first-order chi connectivity index (χ1) is 11.6. The fraction of sp³-hybridized carbons (Fsp3) is 0. The summed E-state index contributed by atoms with van der Waals surface area (Å²) >= 11 is 6.14. The van der Waals surface area contributed by atoms with E-state index in [1.54, 1.807) is 30.6 Å². The minimum Gasteiger partial charge on any atom is -0.456 e. The van der Waals surface area contributed by atoms with E-state index in [1.807, 2.05) is 0 Å². The second-order valence-corrected chi connectivity index (χ2v) is 6.69. The zero-order valence-electron chi connectivity index (χ0n) is 11.9. The fourth-order valence-electron chi connectivity index (χ4n) is 2.38. The number of furan rings is 1. The van der Waals surface area contributed by atoms with Crippen LogP contribution in [0.1, 0.15) is 5.76 Å². The van der Waals surface area contributed by atoms with Crippen LogP contribution in [-0.2, 0) is 4.79 Å². The van der Waals surface area contributed by atoms with E-state index in [9.17, 15) is 9.18 Å². The Balaban J connectivity index is 1.82. The van der Waals surface area contributed by atoms with Crippen LogP contribution in [0.4, 0.5) is 4.39 Å². The molecule has 1 fully saturated rings. The van der Waals surface area contributed by atoms with E-state index in [1.165, 1.54) is 24.0 Å². The molecule has 3 aromatic rings. The molecule has 0 aliphatic carbocycles. The Hall–Kier alpha value is -2.58. The van der Waals surface area contributed by atoms with Crippen molar-refractivity contribution in [3.8, 4) is 11.1 Å². The quantitative estimate of drug-likeness (QED) is 0.430. The maximum Gasteiger partial charge on any atom is 0.263 e. The van der Waals surface area contributed by atoms with Crippen molar-refractivity contribution in [1.29, 1.82) is 0 Å². The summed E-state index contributed by atoms with van der Waals surface area (Å²) < 4.78 is 19.6. The summed E-state index contributed by atoms with van der Waals surface area (Å²) in [5.74, 6) is -0.331. The highest BCUT2D eigenvalue weighted by atomic mass is 32.2. The third-order valence-corrected chi connectivity index (χ3v) is 4.56. The van der Waals surface area contributed by atoms with E-state index in [0.717, 1.165) is 5.39 Å². The number of hydrogen-bond acceptors (Lipinski definition) is 6.